The van der Waals surface area contributed by atoms with E-state index in [2.05, 4.69) is 24.8 Å². The van der Waals surface area contributed by atoms with Crippen molar-refractivity contribution in [3.8, 4) is 0 Å². The smallest absolute Gasteiger partial charge is 0.105 e. The van der Waals surface area contributed by atoms with E-state index in [1.54, 1.807) is 0 Å². The normalized spacial score (nSPS) is 18.1. The monoisotopic (exact) mass is 310 g/mol. The molecule has 1 heterocycles. The van der Waals surface area contributed by atoms with Gasteiger partial charge in [0.05, 0.1) is 5.02 Å². The molecule has 2 N–H and O–H groups in total. The zero-order valence-corrected chi connectivity index (χ0v) is 13.9. The van der Waals surface area contributed by atoms with Gasteiger partial charge in [-0.25, -0.2) is 0 Å². The van der Waals surface area contributed by atoms with Crippen LogP contribution in [0.15, 0.2) is 18.2 Å². The van der Waals surface area contributed by atoms with Gasteiger partial charge in [0.1, 0.15) is 4.99 Å². The summed E-state index contributed by atoms with van der Waals surface area (Å²) in [5.74, 6) is 0. The Bertz CT molecular complexity index is 487. The van der Waals surface area contributed by atoms with E-state index in [0.717, 1.165) is 18.7 Å². The third-order valence-electron chi connectivity index (χ3n) is 4.91. The predicted molar refractivity (Wildman–Crippen MR) is 91.8 cm³/mol. The summed E-state index contributed by atoms with van der Waals surface area (Å²) in [4.78, 5) is 2.77. The molecule has 0 unspecified atom stereocenters. The summed E-state index contributed by atoms with van der Waals surface area (Å²) >= 11 is 11.3. The lowest BCUT2D eigenvalue weighted by Crippen LogP contribution is -2.39. The topological polar surface area (TPSA) is 29.3 Å². The fraction of sp³-hybridized carbons (Fsp3) is 0.562. The highest BCUT2D eigenvalue weighted by Crippen LogP contribution is 2.39. The van der Waals surface area contributed by atoms with Gasteiger partial charge in [-0.3, -0.25) is 0 Å². The van der Waals surface area contributed by atoms with E-state index in [-0.39, 0.29) is 0 Å². The second-order valence-electron chi connectivity index (χ2n) is 5.72. The van der Waals surface area contributed by atoms with Crippen LogP contribution in [0.5, 0.6) is 0 Å². The second-order valence-corrected chi connectivity index (χ2v) is 6.57. The number of anilines is 1. The van der Waals surface area contributed by atoms with E-state index < -0.39 is 0 Å². The van der Waals surface area contributed by atoms with Crippen molar-refractivity contribution in [1.82, 2.24) is 0 Å². The van der Waals surface area contributed by atoms with Crippen molar-refractivity contribution >= 4 is 34.5 Å². The summed E-state index contributed by atoms with van der Waals surface area (Å²) in [6.07, 6.45) is 5.07. The van der Waals surface area contributed by atoms with Gasteiger partial charge in [-0.05, 0) is 36.5 Å². The first-order valence-corrected chi connectivity index (χ1v) is 8.14. The van der Waals surface area contributed by atoms with E-state index in [9.17, 15) is 0 Å². The van der Waals surface area contributed by atoms with Crippen molar-refractivity contribution in [2.45, 2.75) is 39.5 Å². The molecule has 1 aromatic rings. The van der Waals surface area contributed by atoms with Gasteiger partial charge in [0.25, 0.3) is 0 Å². The number of halogens is 1. The third-order valence-corrected chi connectivity index (χ3v) is 5.44. The fourth-order valence-electron chi connectivity index (χ4n) is 3.10. The van der Waals surface area contributed by atoms with Gasteiger partial charge in [-0.2, -0.15) is 0 Å². The molecular weight excluding hydrogens is 288 g/mol. The Labute approximate surface area is 132 Å². The van der Waals surface area contributed by atoms with E-state index >= 15 is 0 Å². The van der Waals surface area contributed by atoms with Gasteiger partial charge >= 0.3 is 0 Å². The van der Waals surface area contributed by atoms with E-state index in [1.807, 2.05) is 12.1 Å². The van der Waals surface area contributed by atoms with Crippen LogP contribution in [0.2, 0.25) is 5.02 Å². The standard InChI is InChI=1S/C16H23ClN2S/c1-3-16(4-2)7-9-19(10-8-16)12-5-6-13(15(18)20)14(17)11-12/h5-6,11H,3-4,7-10H2,1-2H3,(H2,18,20). The molecule has 4 heteroatoms. The van der Waals surface area contributed by atoms with Gasteiger partial charge in [0.15, 0.2) is 0 Å². The minimum atomic E-state index is 0.358. The van der Waals surface area contributed by atoms with Gasteiger partial charge in [0.2, 0.25) is 0 Å². The minimum absolute atomic E-state index is 0.358. The summed E-state index contributed by atoms with van der Waals surface area (Å²) in [5.41, 5.74) is 8.13. The van der Waals surface area contributed by atoms with Crippen LogP contribution in [0.4, 0.5) is 5.69 Å². The molecule has 1 aliphatic rings. The van der Waals surface area contributed by atoms with Gasteiger partial charge in [-0.15, -0.1) is 0 Å². The quantitative estimate of drug-likeness (QED) is 0.837. The highest BCUT2D eigenvalue weighted by atomic mass is 35.5. The molecule has 0 radical (unpaired) electrons. The lowest BCUT2D eigenvalue weighted by atomic mass is 9.74. The molecule has 0 aliphatic carbocycles. The number of thiocarbonyl (C=S) groups is 1. The van der Waals surface area contributed by atoms with Crippen LogP contribution < -0.4 is 10.6 Å². The first-order chi connectivity index (χ1) is 9.51. The van der Waals surface area contributed by atoms with Crippen molar-refractivity contribution in [2.24, 2.45) is 11.1 Å². The van der Waals surface area contributed by atoms with Crippen LogP contribution >= 0.6 is 23.8 Å². The van der Waals surface area contributed by atoms with E-state index in [4.69, 9.17) is 29.6 Å². The molecule has 1 aliphatic heterocycles. The minimum Gasteiger partial charge on any atom is -0.389 e. The Morgan fingerprint density at radius 1 is 1.30 bits per heavy atom. The third kappa shape index (κ3) is 3.09. The molecule has 1 aromatic carbocycles. The molecule has 1 fully saturated rings. The number of nitrogens with zero attached hydrogens (tertiary/aromatic N) is 1. The first-order valence-electron chi connectivity index (χ1n) is 7.35. The molecule has 0 spiro atoms. The number of hydrogen-bond donors (Lipinski definition) is 1. The number of rotatable bonds is 4. The zero-order chi connectivity index (χ0) is 14.8. The number of hydrogen-bond acceptors (Lipinski definition) is 2. The van der Waals surface area contributed by atoms with Crippen molar-refractivity contribution in [1.29, 1.82) is 0 Å². The average molecular weight is 311 g/mol. The lowest BCUT2D eigenvalue weighted by Gasteiger charge is -2.42. The SMILES string of the molecule is CCC1(CC)CCN(c2ccc(C(N)=S)c(Cl)c2)CC1. The average Bonchev–Trinajstić information content (AvgIpc) is 2.47. The molecule has 1 saturated heterocycles. The van der Waals surface area contributed by atoms with Crippen molar-refractivity contribution < 1.29 is 0 Å². The Morgan fingerprint density at radius 3 is 2.35 bits per heavy atom. The van der Waals surface area contributed by atoms with Crippen molar-refractivity contribution in [3.05, 3.63) is 28.8 Å². The zero-order valence-electron chi connectivity index (χ0n) is 12.3. The molecule has 0 bridgehead atoms. The van der Waals surface area contributed by atoms with Crippen molar-refractivity contribution in [3.63, 3.8) is 0 Å². The van der Waals surface area contributed by atoms with Crippen LogP contribution in [0.1, 0.15) is 45.1 Å². The van der Waals surface area contributed by atoms with Gasteiger partial charge in [-0.1, -0.05) is 50.5 Å². The Hall–Kier alpha value is -0.800. The maximum atomic E-state index is 6.26. The molecule has 0 amide bonds. The van der Waals surface area contributed by atoms with Crippen molar-refractivity contribution in [2.75, 3.05) is 18.0 Å². The highest BCUT2D eigenvalue weighted by molar-refractivity contribution is 7.80. The van der Waals surface area contributed by atoms with Crippen LogP contribution in [0.3, 0.4) is 0 Å². The molecule has 2 rings (SSSR count). The molecular formula is C16H23ClN2S. The fourth-order valence-corrected chi connectivity index (χ4v) is 3.61. The lowest BCUT2D eigenvalue weighted by molar-refractivity contribution is 0.199. The molecule has 0 aromatic heterocycles. The first kappa shape index (κ1) is 15.6. The Morgan fingerprint density at radius 2 is 1.90 bits per heavy atom. The van der Waals surface area contributed by atoms with E-state index in [0.29, 0.717) is 15.4 Å². The number of piperidine rings is 1. The molecule has 0 saturated carbocycles. The van der Waals surface area contributed by atoms with Gasteiger partial charge in [0, 0.05) is 24.3 Å². The van der Waals surface area contributed by atoms with Crippen LogP contribution in [-0.4, -0.2) is 18.1 Å². The summed E-state index contributed by atoms with van der Waals surface area (Å²) < 4.78 is 0. The molecule has 20 heavy (non-hydrogen) atoms. The summed E-state index contributed by atoms with van der Waals surface area (Å²) in [5, 5.41) is 0.651. The summed E-state index contributed by atoms with van der Waals surface area (Å²) in [6.45, 7) is 6.83. The van der Waals surface area contributed by atoms with Gasteiger partial charge < -0.3 is 10.6 Å². The van der Waals surface area contributed by atoms with Crippen LogP contribution in [0.25, 0.3) is 0 Å². The molecule has 110 valence electrons. The number of nitrogens with two attached hydrogens (primary N) is 1. The van der Waals surface area contributed by atoms with Crippen LogP contribution in [0, 0.1) is 5.41 Å². The maximum absolute atomic E-state index is 6.26. The number of benzene rings is 1. The van der Waals surface area contributed by atoms with E-state index in [1.165, 1.54) is 31.4 Å². The largest absolute Gasteiger partial charge is 0.389 e. The van der Waals surface area contributed by atoms with Crippen LogP contribution in [-0.2, 0) is 0 Å². The highest BCUT2D eigenvalue weighted by Gasteiger charge is 2.31. The Kier molecular flexibility index (Phi) is 4.92. The Balaban J connectivity index is 2.11. The maximum Gasteiger partial charge on any atom is 0.105 e. The summed E-state index contributed by atoms with van der Waals surface area (Å²) in [7, 11) is 0. The molecule has 0 atom stereocenters. The summed E-state index contributed by atoms with van der Waals surface area (Å²) in [6, 6.07) is 5.99. The predicted octanol–water partition coefficient (Wildman–Crippen LogP) is 4.38. The molecule has 2 nitrogen and oxygen atoms in total. The second kappa shape index (κ2) is 6.31.